The Morgan fingerprint density at radius 3 is 2.35 bits per heavy atom. The molecule has 0 radical (unpaired) electrons. The molecular weight excluding hydrogens is 298 g/mol. The van der Waals surface area contributed by atoms with Gasteiger partial charge in [-0.2, -0.15) is 9.36 Å². The molecule has 4 heterocycles. The maximum atomic E-state index is 12.7. The van der Waals surface area contributed by atoms with Crippen LogP contribution < -0.4 is 11.4 Å². The van der Waals surface area contributed by atoms with Crippen LogP contribution in [-0.2, 0) is 17.5 Å². The van der Waals surface area contributed by atoms with E-state index in [9.17, 15) is 14.4 Å². The molecule has 0 saturated carbocycles. The van der Waals surface area contributed by atoms with Gasteiger partial charge in [0.2, 0.25) is 5.66 Å². The largest absolute Gasteiger partial charge is 0.349 e. The van der Waals surface area contributed by atoms with Crippen molar-refractivity contribution in [2.24, 2.45) is 12.0 Å². The predicted molar refractivity (Wildman–Crippen MR) is 82.4 cm³/mol. The van der Waals surface area contributed by atoms with Gasteiger partial charge in [0.15, 0.2) is 6.17 Å². The summed E-state index contributed by atoms with van der Waals surface area (Å²) in [6.07, 6.45) is -0.729. The standard InChI is InChI=1S/C15H15N5O3/c1-15-12(21)17(2)11(10(16-15)9-7-5-4-6-8-9)19-13(22)18(3)14(23)20(15)19/h4-8,11H,1-3H3. The number of rotatable bonds is 1. The fraction of sp³-hybridized carbons (Fsp3) is 0.333. The van der Waals surface area contributed by atoms with E-state index in [1.807, 2.05) is 30.3 Å². The van der Waals surface area contributed by atoms with Gasteiger partial charge in [0.05, 0.1) is 5.71 Å². The predicted octanol–water partition coefficient (Wildman–Crippen LogP) is -0.505. The quantitative estimate of drug-likeness (QED) is 0.711. The van der Waals surface area contributed by atoms with Gasteiger partial charge in [0, 0.05) is 14.1 Å². The highest BCUT2D eigenvalue weighted by Crippen LogP contribution is 2.37. The number of carbonyl (C=O) groups excluding carboxylic acids is 1. The first-order valence-electron chi connectivity index (χ1n) is 7.21. The molecule has 2 aromatic rings. The molecule has 0 N–H and O–H groups in total. The number of amides is 1. The molecule has 0 aliphatic carbocycles. The Bertz CT molecular complexity index is 981. The SMILES string of the molecule is CN1C(=O)C2(C)N=C(c3ccccc3)C1n1c(=O)n(C)c(=O)n12. The smallest absolute Gasteiger partial charge is 0.314 e. The third-order valence-electron chi connectivity index (χ3n) is 4.56. The zero-order valence-electron chi connectivity index (χ0n) is 12.9. The third-order valence-corrected chi connectivity index (χ3v) is 4.56. The van der Waals surface area contributed by atoms with Gasteiger partial charge in [0.25, 0.3) is 5.91 Å². The monoisotopic (exact) mass is 313 g/mol. The maximum absolute atomic E-state index is 12.7. The number of benzene rings is 1. The number of likely N-dealkylation sites (N-methyl/N-ethyl adjacent to an activating group) is 1. The Morgan fingerprint density at radius 1 is 1.04 bits per heavy atom. The van der Waals surface area contributed by atoms with Crippen molar-refractivity contribution < 1.29 is 4.79 Å². The molecule has 0 saturated heterocycles. The van der Waals surface area contributed by atoms with Gasteiger partial charge in [-0.25, -0.2) is 19.1 Å². The summed E-state index contributed by atoms with van der Waals surface area (Å²) in [5.74, 6) is -0.310. The van der Waals surface area contributed by atoms with Crippen LogP contribution in [0.4, 0.5) is 0 Å². The van der Waals surface area contributed by atoms with Gasteiger partial charge < -0.3 is 4.90 Å². The highest BCUT2D eigenvalue weighted by molar-refractivity contribution is 6.09. The minimum Gasteiger partial charge on any atom is -0.314 e. The molecule has 2 bridgehead atoms. The van der Waals surface area contributed by atoms with Crippen LogP contribution in [0.25, 0.3) is 0 Å². The summed E-state index contributed by atoms with van der Waals surface area (Å²) >= 11 is 0. The van der Waals surface area contributed by atoms with E-state index in [0.717, 1.165) is 14.8 Å². The Balaban J connectivity index is 2.10. The summed E-state index contributed by atoms with van der Waals surface area (Å²) in [6.45, 7) is 1.56. The Labute approximate surface area is 130 Å². The van der Waals surface area contributed by atoms with Crippen molar-refractivity contribution in [3.63, 3.8) is 0 Å². The van der Waals surface area contributed by atoms with Crippen LogP contribution in [0.3, 0.4) is 0 Å². The molecule has 1 aromatic heterocycles. The molecule has 3 aliphatic heterocycles. The van der Waals surface area contributed by atoms with Gasteiger partial charge in [-0.15, -0.1) is 0 Å². The minimum absolute atomic E-state index is 0.310. The van der Waals surface area contributed by atoms with Gasteiger partial charge >= 0.3 is 11.4 Å². The van der Waals surface area contributed by atoms with Crippen molar-refractivity contribution >= 4 is 11.6 Å². The second-order valence-electron chi connectivity index (χ2n) is 5.95. The molecule has 118 valence electrons. The Hall–Kier alpha value is -2.90. The van der Waals surface area contributed by atoms with Crippen LogP contribution >= 0.6 is 0 Å². The van der Waals surface area contributed by atoms with Gasteiger partial charge in [-0.1, -0.05) is 30.3 Å². The van der Waals surface area contributed by atoms with Crippen molar-refractivity contribution in [1.82, 2.24) is 18.8 Å². The molecule has 5 rings (SSSR count). The summed E-state index contributed by atoms with van der Waals surface area (Å²) in [5.41, 5.74) is -1.04. The second kappa shape index (κ2) is 4.09. The van der Waals surface area contributed by atoms with Crippen molar-refractivity contribution in [1.29, 1.82) is 0 Å². The first-order chi connectivity index (χ1) is 10.9. The summed E-state index contributed by atoms with van der Waals surface area (Å²) in [6, 6.07) is 9.36. The molecule has 3 aliphatic rings. The summed E-state index contributed by atoms with van der Waals surface area (Å²) in [7, 11) is 3.02. The van der Waals surface area contributed by atoms with E-state index in [1.54, 1.807) is 14.0 Å². The fourth-order valence-electron chi connectivity index (χ4n) is 3.37. The van der Waals surface area contributed by atoms with Gasteiger partial charge in [0.1, 0.15) is 0 Å². The maximum Gasteiger partial charge on any atom is 0.349 e. The molecule has 2 atom stereocenters. The number of aliphatic imine (C=N–C) groups is 1. The normalized spacial score (nSPS) is 25.5. The van der Waals surface area contributed by atoms with Crippen LogP contribution in [0.1, 0.15) is 18.7 Å². The number of aromatic nitrogens is 3. The van der Waals surface area contributed by atoms with Crippen molar-refractivity contribution in [2.45, 2.75) is 18.8 Å². The Morgan fingerprint density at radius 2 is 1.70 bits per heavy atom. The van der Waals surface area contributed by atoms with E-state index in [2.05, 4.69) is 4.99 Å². The fourth-order valence-corrected chi connectivity index (χ4v) is 3.37. The van der Waals surface area contributed by atoms with Crippen LogP contribution in [0.15, 0.2) is 44.9 Å². The number of carbonyl (C=O) groups is 1. The minimum atomic E-state index is -1.45. The first-order valence-corrected chi connectivity index (χ1v) is 7.21. The molecule has 2 unspecified atom stereocenters. The summed E-state index contributed by atoms with van der Waals surface area (Å²) in [5, 5.41) is 0. The number of fused-ring (bicyclic) bond motifs is 1. The average molecular weight is 313 g/mol. The molecule has 8 nitrogen and oxygen atoms in total. The lowest BCUT2D eigenvalue weighted by Crippen LogP contribution is -2.65. The lowest BCUT2D eigenvalue weighted by atomic mass is 9.99. The number of hydrogen-bond donors (Lipinski definition) is 0. The molecule has 23 heavy (non-hydrogen) atoms. The highest BCUT2D eigenvalue weighted by Gasteiger charge is 2.55. The van der Waals surface area contributed by atoms with Crippen LogP contribution in [0, 0.1) is 0 Å². The Kier molecular flexibility index (Phi) is 2.45. The van der Waals surface area contributed by atoms with Crippen molar-refractivity contribution in [3.05, 3.63) is 56.9 Å². The zero-order chi connectivity index (χ0) is 16.5. The van der Waals surface area contributed by atoms with Crippen molar-refractivity contribution in [2.75, 3.05) is 7.05 Å². The van der Waals surface area contributed by atoms with E-state index in [1.165, 1.54) is 16.6 Å². The van der Waals surface area contributed by atoms with E-state index in [0.29, 0.717) is 5.71 Å². The molecule has 1 aromatic carbocycles. The van der Waals surface area contributed by atoms with E-state index in [-0.39, 0.29) is 5.91 Å². The summed E-state index contributed by atoms with van der Waals surface area (Å²) in [4.78, 5) is 43.6. The molecule has 0 spiro atoms. The van der Waals surface area contributed by atoms with Crippen LogP contribution in [0.5, 0.6) is 0 Å². The second-order valence-corrected chi connectivity index (χ2v) is 5.95. The molecule has 1 amide bonds. The van der Waals surface area contributed by atoms with Crippen LogP contribution in [0.2, 0.25) is 0 Å². The summed E-state index contributed by atoms with van der Waals surface area (Å²) < 4.78 is 3.48. The average Bonchev–Trinajstić information content (AvgIpc) is 2.79. The topological polar surface area (TPSA) is 81.6 Å². The third kappa shape index (κ3) is 1.45. The lowest BCUT2D eigenvalue weighted by Gasteiger charge is -2.47. The molecule has 8 heteroatoms. The van der Waals surface area contributed by atoms with Gasteiger partial charge in [-0.05, 0) is 12.5 Å². The first kappa shape index (κ1) is 13.7. The van der Waals surface area contributed by atoms with E-state index < -0.39 is 23.2 Å². The lowest BCUT2D eigenvalue weighted by molar-refractivity contribution is -0.149. The number of hydrogen-bond acceptors (Lipinski definition) is 4. The zero-order valence-corrected chi connectivity index (χ0v) is 12.9. The number of nitrogens with zero attached hydrogens (tertiary/aromatic N) is 5. The van der Waals surface area contributed by atoms with E-state index in [4.69, 9.17) is 0 Å². The van der Waals surface area contributed by atoms with Gasteiger partial charge in [-0.3, -0.25) is 4.79 Å². The van der Waals surface area contributed by atoms with Crippen LogP contribution in [-0.4, -0.2) is 37.5 Å². The molecular formula is C15H15N5O3. The highest BCUT2D eigenvalue weighted by atomic mass is 16.2. The van der Waals surface area contributed by atoms with E-state index >= 15 is 0 Å². The molecule has 0 fully saturated rings. The van der Waals surface area contributed by atoms with Crippen molar-refractivity contribution in [3.8, 4) is 0 Å².